The van der Waals surface area contributed by atoms with E-state index in [4.69, 9.17) is 5.73 Å². The molecule has 0 amide bonds. The van der Waals surface area contributed by atoms with Gasteiger partial charge in [-0.3, -0.25) is 14.3 Å². The van der Waals surface area contributed by atoms with Crippen molar-refractivity contribution in [3.05, 3.63) is 63.5 Å². The van der Waals surface area contributed by atoms with Crippen molar-refractivity contribution in [3.8, 4) is 0 Å². The van der Waals surface area contributed by atoms with Crippen molar-refractivity contribution in [1.29, 1.82) is 0 Å². The fourth-order valence-electron chi connectivity index (χ4n) is 1.90. The molecule has 5 nitrogen and oxygen atoms in total. The second-order valence-electron chi connectivity index (χ2n) is 4.49. The molecule has 0 saturated heterocycles. The van der Waals surface area contributed by atoms with Crippen molar-refractivity contribution < 1.29 is 13.5 Å². The highest BCUT2D eigenvalue weighted by Crippen LogP contribution is 2.24. The number of benzene rings is 2. The van der Waals surface area contributed by atoms with Gasteiger partial charge in [-0.05, 0) is 30.7 Å². The minimum Gasteiger partial charge on any atom is -0.396 e. The third kappa shape index (κ3) is 3.25. The first-order chi connectivity index (χ1) is 9.90. The molecule has 21 heavy (non-hydrogen) atoms. The maximum atomic E-state index is 13.4. The van der Waals surface area contributed by atoms with E-state index in [1.807, 2.05) is 0 Å². The topological polar surface area (TPSA) is 86.2 Å². The number of nitrogens with zero attached hydrogens (tertiary/aromatic N) is 1. The van der Waals surface area contributed by atoms with Crippen molar-refractivity contribution >= 4 is 22.2 Å². The third-order valence-corrected chi connectivity index (χ3v) is 4.49. The summed E-state index contributed by atoms with van der Waals surface area (Å²) in [6, 6.07) is 8.57. The van der Waals surface area contributed by atoms with E-state index < -0.39 is 21.5 Å². The number of nitro groups is 1. The maximum absolute atomic E-state index is 13.4. The fraction of sp³-hybridized carbons (Fsp3) is 0.143. The summed E-state index contributed by atoms with van der Waals surface area (Å²) in [5, 5.41) is 10.9. The number of anilines is 1. The van der Waals surface area contributed by atoms with Crippen LogP contribution < -0.4 is 5.73 Å². The van der Waals surface area contributed by atoms with Gasteiger partial charge in [0.2, 0.25) is 0 Å². The number of nitro benzene ring substituents is 1. The molecule has 7 heteroatoms. The van der Waals surface area contributed by atoms with Gasteiger partial charge in [-0.25, -0.2) is 4.39 Å². The Morgan fingerprint density at radius 2 is 2.05 bits per heavy atom. The average molecular weight is 308 g/mol. The predicted octanol–water partition coefficient (Wildman–Crippen LogP) is 2.93. The monoisotopic (exact) mass is 308 g/mol. The minimum absolute atomic E-state index is 0.0118. The van der Waals surface area contributed by atoms with Gasteiger partial charge in [-0.2, -0.15) is 0 Å². The molecular weight excluding hydrogens is 295 g/mol. The van der Waals surface area contributed by atoms with Crippen molar-refractivity contribution in [2.24, 2.45) is 0 Å². The molecule has 0 saturated carbocycles. The molecule has 0 aromatic heterocycles. The maximum Gasteiger partial charge on any atom is 0.272 e. The van der Waals surface area contributed by atoms with Crippen LogP contribution in [-0.4, -0.2) is 9.13 Å². The molecule has 0 bridgehead atoms. The molecule has 2 N–H and O–H groups in total. The van der Waals surface area contributed by atoms with Crippen LogP contribution >= 0.6 is 0 Å². The first-order valence-corrected chi connectivity index (χ1v) is 7.38. The second-order valence-corrected chi connectivity index (χ2v) is 5.94. The largest absolute Gasteiger partial charge is 0.396 e. The molecule has 1 atom stereocenters. The molecule has 0 aliphatic carbocycles. The van der Waals surface area contributed by atoms with E-state index in [0.29, 0.717) is 16.0 Å². The number of hydrogen-bond acceptors (Lipinski definition) is 4. The van der Waals surface area contributed by atoms with Gasteiger partial charge in [0.1, 0.15) is 5.82 Å². The van der Waals surface area contributed by atoms with Crippen LogP contribution in [0.1, 0.15) is 11.1 Å². The second kappa shape index (κ2) is 6.01. The van der Waals surface area contributed by atoms with E-state index in [0.717, 1.165) is 6.07 Å². The van der Waals surface area contributed by atoms with Gasteiger partial charge in [0, 0.05) is 16.5 Å². The lowest BCUT2D eigenvalue weighted by Gasteiger charge is -2.07. The Balaban J connectivity index is 2.29. The molecule has 2 aromatic rings. The van der Waals surface area contributed by atoms with Crippen molar-refractivity contribution in [1.82, 2.24) is 0 Å². The number of halogens is 1. The average Bonchev–Trinajstić information content (AvgIpc) is 2.43. The minimum atomic E-state index is -1.50. The quantitative estimate of drug-likeness (QED) is 0.534. The molecule has 0 aliphatic heterocycles. The van der Waals surface area contributed by atoms with Crippen LogP contribution in [-0.2, 0) is 16.6 Å². The van der Waals surface area contributed by atoms with Gasteiger partial charge in [0.15, 0.2) is 0 Å². The van der Waals surface area contributed by atoms with E-state index in [2.05, 4.69) is 0 Å². The summed E-state index contributed by atoms with van der Waals surface area (Å²) >= 11 is 0. The Morgan fingerprint density at radius 3 is 2.67 bits per heavy atom. The molecule has 2 rings (SSSR count). The van der Waals surface area contributed by atoms with E-state index >= 15 is 0 Å². The van der Waals surface area contributed by atoms with Crippen LogP contribution in [0.4, 0.5) is 15.8 Å². The van der Waals surface area contributed by atoms with Crippen LogP contribution in [0.25, 0.3) is 0 Å². The smallest absolute Gasteiger partial charge is 0.272 e. The Hall–Kier alpha value is -2.28. The van der Waals surface area contributed by atoms with Crippen LogP contribution in [0.15, 0.2) is 41.3 Å². The number of nitrogen functional groups attached to an aromatic ring is 1. The predicted molar refractivity (Wildman–Crippen MR) is 78.8 cm³/mol. The first kappa shape index (κ1) is 15.1. The lowest BCUT2D eigenvalue weighted by molar-refractivity contribution is -0.385. The third-order valence-electron chi connectivity index (χ3n) is 3.14. The Morgan fingerprint density at radius 1 is 1.33 bits per heavy atom. The molecular formula is C14H13FN2O3S. The van der Waals surface area contributed by atoms with E-state index in [1.54, 1.807) is 19.1 Å². The van der Waals surface area contributed by atoms with Crippen LogP contribution in [0.3, 0.4) is 0 Å². The van der Waals surface area contributed by atoms with Crippen LogP contribution in [0.2, 0.25) is 0 Å². The summed E-state index contributed by atoms with van der Waals surface area (Å²) in [5.41, 5.74) is 6.40. The number of rotatable bonds is 4. The highest BCUT2D eigenvalue weighted by Gasteiger charge is 2.16. The molecule has 0 heterocycles. The van der Waals surface area contributed by atoms with Crippen LogP contribution in [0, 0.1) is 22.9 Å². The lowest BCUT2D eigenvalue weighted by Crippen LogP contribution is -2.02. The molecule has 2 aromatic carbocycles. The Labute approximate surface area is 123 Å². The zero-order chi connectivity index (χ0) is 15.6. The van der Waals surface area contributed by atoms with Gasteiger partial charge in [-0.1, -0.05) is 12.1 Å². The molecule has 110 valence electrons. The lowest BCUT2D eigenvalue weighted by atomic mass is 10.1. The van der Waals surface area contributed by atoms with E-state index in [9.17, 15) is 18.7 Å². The van der Waals surface area contributed by atoms with E-state index in [-0.39, 0.29) is 17.1 Å². The van der Waals surface area contributed by atoms with Crippen LogP contribution in [0.5, 0.6) is 0 Å². The summed E-state index contributed by atoms with van der Waals surface area (Å²) in [4.78, 5) is 10.7. The van der Waals surface area contributed by atoms with Gasteiger partial charge < -0.3 is 5.73 Å². The van der Waals surface area contributed by atoms with Crippen molar-refractivity contribution in [3.63, 3.8) is 0 Å². The summed E-state index contributed by atoms with van der Waals surface area (Å²) < 4.78 is 25.6. The zero-order valence-electron chi connectivity index (χ0n) is 11.2. The SMILES string of the molecule is Cc1c(CS(=O)c2ccc(N)c(F)c2)cccc1[N+](=O)[O-]. The van der Waals surface area contributed by atoms with Gasteiger partial charge >= 0.3 is 0 Å². The molecule has 0 aliphatic rings. The molecule has 0 radical (unpaired) electrons. The first-order valence-electron chi connectivity index (χ1n) is 6.06. The van der Waals surface area contributed by atoms with Gasteiger partial charge in [-0.15, -0.1) is 0 Å². The van der Waals surface area contributed by atoms with Crippen molar-refractivity contribution in [2.75, 3.05) is 5.73 Å². The molecule has 0 spiro atoms. The normalized spacial score (nSPS) is 12.1. The van der Waals surface area contributed by atoms with E-state index in [1.165, 1.54) is 18.2 Å². The highest BCUT2D eigenvalue weighted by atomic mass is 32.2. The zero-order valence-corrected chi connectivity index (χ0v) is 12.0. The van der Waals surface area contributed by atoms with Gasteiger partial charge in [0.05, 0.1) is 27.2 Å². The molecule has 1 unspecified atom stereocenters. The summed E-state index contributed by atoms with van der Waals surface area (Å²) in [6.07, 6.45) is 0. The summed E-state index contributed by atoms with van der Waals surface area (Å²) in [5.74, 6) is -0.548. The fourth-order valence-corrected chi connectivity index (χ4v) is 3.11. The highest BCUT2D eigenvalue weighted by molar-refractivity contribution is 7.84. The summed E-state index contributed by atoms with van der Waals surface area (Å²) in [7, 11) is -1.50. The Bertz CT molecular complexity index is 734. The number of nitrogens with two attached hydrogens (primary N) is 1. The molecule has 0 fully saturated rings. The van der Waals surface area contributed by atoms with Gasteiger partial charge in [0.25, 0.3) is 5.69 Å². The summed E-state index contributed by atoms with van der Waals surface area (Å²) in [6.45, 7) is 1.61. The standard InChI is InChI=1S/C14H13FN2O3S/c1-9-10(3-2-4-14(9)17(18)19)8-21(20)11-5-6-13(16)12(15)7-11/h2-7H,8,16H2,1H3. The Kier molecular flexibility index (Phi) is 4.32. The van der Waals surface area contributed by atoms with Crippen molar-refractivity contribution in [2.45, 2.75) is 17.6 Å². The number of hydrogen-bond donors (Lipinski definition) is 1.